The summed E-state index contributed by atoms with van der Waals surface area (Å²) in [5.74, 6) is 2.37. The summed E-state index contributed by atoms with van der Waals surface area (Å²) in [6.07, 6.45) is 3.33. The molecule has 0 aromatic heterocycles. The summed E-state index contributed by atoms with van der Waals surface area (Å²) < 4.78 is 5.24. The topological polar surface area (TPSA) is 57.2 Å². The molecule has 2 fully saturated rings. The zero-order valence-electron chi connectivity index (χ0n) is 16.3. The van der Waals surface area contributed by atoms with Crippen LogP contribution in [0.4, 0.5) is 0 Å². The molecule has 2 aliphatic rings. The zero-order chi connectivity index (χ0) is 18.4. The lowest BCUT2D eigenvalue weighted by Gasteiger charge is -2.22. The number of hydrogen-bond donors (Lipinski definition) is 1. The van der Waals surface area contributed by atoms with Gasteiger partial charge in [-0.3, -0.25) is 4.79 Å². The van der Waals surface area contributed by atoms with Crippen molar-refractivity contribution in [3.05, 3.63) is 29.8 Å². The third kappa shape index (κ3) is 5.73. The van der Waals surface area contributed by atoms with Crippen LogP contribution in [0.15, 0.2) is 29.3 Å². The highest BCUT2D eigenvalue weighted by Crippen LogP contribution is 2.28. The van der Waals surface area contributed by atoms with Gasteiger partial charge in [0.2, 0.25) is 5.91 Å². The van der Waals surface area contributed by atoms with Crippen molar-refractivity contribution in [3.63, 3.8) is 0 Å². The zero-order valence-corrected chi connectivity index (χ0v) is 18.6. The maximum absolute atomic E-state index is 12.3. The van der Waals surface area contributed by atoms with Crippen molar-refractivity contribution in [2.75, 3.05) is 46.4 Å². The van der Waals surface area contributed by atoms with Gasteiger partial charge < -0.3 is 19.9 Å². The molecule has 150 valence electrons. The smallest absolute Gasteiger partial charge is 0.244 e. The molecule has 7 heteroatoms. The fourth-order valence-electron chi connectivity index (χ4n) is 3.74. The number of methoxy groups -OCH3 is 1. The van der Waals surface area contributed by atoms with Crippen LogP contribution in [-0.4, -0.2) is 68.0 Å². The fourth-order valence-corrected chi connectivity index (χ4v) is 3.74. The van der Waals surface area contributed by atoms with E-state index in [0.717, 1.165) is 63.7 Å². The summed E-state index contributed by atoms with van der Waals surface area (Å²) >= 11 is 0. The highest BCUT2D eigenvalue weighted by molar-refractivity contribution is 14.0. The minimum atomic E-state index is 0. The quantitative estimate of drug-likeness (QED) is 0.395. The summed E-state index contributed by atoms with van der Waals surface area (Å²) in [5.41, 5.74) is 1.33. The Morgan fingerprint density at radius 2 is 1.89 bits per heavy atom. The minimum Gasteiger partial charge on any atom is -0.497 e. The number of nitrogens with one attached hydrogen (secondary N) is 1. The standard InChI is InChI=1S/C20H30N4O2.HI/c1-3-21-20(22-14-19(25)23-11-4-5-12-23)24-13-10-17(15-24)16-6-8-18(26-2)9-7-16;/h6-9,17H,3-5,10-15H2,1-2H3,(H,21,22);1H. The van der Waals surface area contributed by atoms with Gasteiger partial charge in [0.25, 0.3) is 0 Å². The van der Waals surface area contributed by atoms with E-state index >= 15 is 0 Å². The fraction of sp³-hybridized carbons (Fsp3) is 0.600. The molecule has 1 atom stereocenters. The van der Waals surface area contributed by atoms with E-state index in [0.29, 0.717) is 5.92 Å². The number of likely N-dealkylation sites (tertiary alicyclic amines) is 2. The van der Waals surface area contributed by atoms with E-state index in [1.165, 1.54) is 5.56 Å². The number of amides is 1. The number of carbonyl (C=O) groups is 1. The Kier molecular flexibility index (Phi) is 8.66. The minimum absolute atomic E-state index is 0. The van der Waals surface area contributed by atoms with Crippen LogP contribution < -0.4 is 10.1 Å². The van der Waals surface area contributed by atoms with Gasteiger partial charge in [-0.25, -0.2) is 4.99 Å². The largest absolute Gasteiger partial charge is 0.497 e. The molecule has 3 rings (SSSR count). The molecule has 6 nitrogen and oxygen atoms in total. The van der Waals surface area contributed by atoms with Crippen LogP contribution in [0.3, 0.4) is 0 Å². The molecule has 0 spiro atoms. The number of aliphatic imine (C=N–C) groups is 1. The van der Waals surface area contributed by atoms with Crippen LogP contribution in [-0.2, 0) is 4.79 Å². The first-order valence-corrected chi connectivity index (χ1v) is 9.66. The van der Waals surface area contributed by atoms with Gasteiger partial charge in [-0.1, -0.05) is 12.1 Å². The van der Waals surface area contributed by atoms with E-state index in [2.05, 4.69) is 34.3 Å². The summed E-state index contributed by atoms with van der Waals surface area (Å²) in [6.45, 7) is 6.76. The maximum Gasteiger partial charge on any atom is 0.244 e. The van der Waals surface area contributed by atoms with Gasteiger partial charge in [-0.2, -0.15) is 0 Å². The van der Waals surface area contributed by atoms with Crippen molar-refractivity contribution in [1.82, 2.24) is 15.1 Å². The Labute approximate surface area is 179 Å². The van der Waals surface area contributed by atoms with Crippen molar-refractivity contribution in [2.24, 2.45) is 4.99 Å². The van der Waals surface area contributed by atoms with Gasteiger partial charge >= 0.3 is 0 Å². The lowest BCUT2D eigenvalue weighted by atomic mass is 9.98. The number of carbonyl (C=O) groups excluding carboxylic acids is 1. The maximum atomic E-state index is 12.3. The van der Waals surface area contributed by atoms with E-state index in [4.69, 9.17) is 4.74 Å². The molecule has 1 aromatic carbocycles. The lowest BCUT2D eigenvalue weighted by molar-refractivity contribution is -0.128. The van der Waals surface area contributed by atoms with Crippen molar-refractivity contribution in [1.29, 1.82) is 0 Å². The second-order valence-electron chi connectivity index (χ2n) is 6.96. The second-order valence-corrected chi connectivity index (χ2v) is 6.96. The molecule has 0 radical (unpaired) electrons. The number of ether oxygens (including phenoxy) is 1. The Balaban J connectivity index is 0.00000261. The van der Waals surface area contributed by atoms with Gasteiger partial charge in [-0.15, -0.1) is 24.0 Å². The Bertz CT molecular complexity index is 629. The predicted octanol–water partition coefficient (Wildman–Crippen LogP) is 2.69. The van der Waals surface area contributed by atoms with Gasteiger partial charge in [0.15, 0.2) is 5.96 Å². The summed E-state index contributed by atoms with van der Waals surface area (Å²) in [7, 11) is 1.69. The molecular formula is C20H31IN4O2. The van der Waals surface area contributed by atoms with E-state index in [9.17, 15) is 4.79 Å². The molecule has 2 heterocycles. The Morgan fingerprint density at radius 3 is 2.52 bits per heavy atom. The van der Waals surface area contributed by atoms with Crippen LogP contribution >= 0.6 is 24.0 Å². The van der Waals surface area contributed by atoms with Gasteiger partial charge in [0.1, 0.15) is 12.3 Å². The van der Waals surface area contributed by atoms with Crippen LogP contribution in [0.1, 0.15) is 37.7 Å². The monoisotopic (exact) mass is 486 g/mol. The molecule has 0 aliphatic carbocycles. The van der Waals surface area contributed by atoms with Crippen molar-refractivity contribution < 1.29 is 9.53 Å². The first-order valence-electron chi connectivity index (χ1n) is 9.66. The SMILES string of the molecule is CCNC(=NCC(=O)N1CCCC1)N1CCC(c2ccc(OC)cc2)C1.I. The highest BCUT2D eigenvalue weighted by atomic mass is 127. The molecule has 1 amide bonds. The van der Waals surface area contributed by atoms with Gasteiger partial charge in [-0.05, 0) is 43.9 Å². The molecule has 1 N–H and O–H groups in total. The van der Waals surface area contributed by atoms with E-state index in [1.54, 1.807) is 7.11 Å². The summed E-state index contributed by atoms with van der Waals surface area (Å²) in [5, 5.41) is 3.35. The third-order valence-electron chi connectivity index (χ3n) is 5.23. The summed E-state index contributed by atoms with van der Waals surface area (Å²) in [4.78, 5) is 21.1. The first kappa shape index (κ1) is 21.8. The van der Waals surface area contributed by atoms with Crippen LogP contribution in [0.2, 0.25) is 0 Å². The second kappa shape index (κ2) is 10.7. The first-order chi connectivity index (χ1) is 12.7. The average Bonchev–Trinajstić information content (AvgIpc) is 3.37. The molecule has 1 aromatic rings. The van der Waals surface area contributed by atoms with E-state index in [-0.39, 0.29) is 36.4 Å². The van der Waals surface area contributed by atoms with E-state index in [1.807, 2.05) is 17.0 Å². The number of halogens is 1. The van der Waals surface area contributed by atoms with E-state index < -0.39 is 0 Å². The number of hydrogen-bond acceptors (Lipinski definition) is 3. The molecule has 0 bridgehead atoms. The molecular weight excluding hydrogens is 455 g/mol. The lowest BCUT2D eigenvalue weighted by Crippen LogP contribution is -2.41. The molecule has 0 saturated carbocycles. The van der Waals surface area contributed by atoms with Crippen LogP contribution in [0.25, 0.3) is 0 Å². The highest BCUT2D eigenvalue weighted by Gasteiger charge is 2.26. The molecule has 1 unspecified atom stereocenters. The van der Waals surface area contributed by atoms with Gasteiger partial charge in [0.05, 0.1) is 7.11 Å². The number of guanidine groups is 1. The average molecular weight is 486 g/mol. The van der Waals surface area contributed by atoms with Crippen LogP contribution in [0.5, 0.6) is 5.75 Å². The Hall–Kier alpha value is -1.51. The normalized spacial score (nSPS) is 19.8. The number of benzene rings is 1. The van der Waals surface area contributed by atoms with Gasteiger partial charge in [0, 0.05) is 38.6 Å². The molecule has 2 aliphatic heterocycles. The summed E-state index contributed by atoms with van der Waals surface area (Å²) in [6, 6.07) is 8.33. The third-order valence-corrected chi connectivity index (χ3v) is 5.23. The number of nitrogens with zero attached hydrogens (tertiary/aromatic N) is 3. The number of rotatable bonds is 5. The van der Waals surface area contributed by atoms with Crippen molar-refractivity contribution >= 4 is 35.8 Å². The predicted molar refractivity (Wildman–Crippen MR) is 119 cm³/mol. The Morgan fingerprint density at radius 1 is 1.19 bits per heavy atom. The van der Waals surface area contributed by atoms with Crippen LogP contribution in [0, 0.1) is 0 Å². The van der Waals surface area contributed by atoms with Crippen molar-refractivity contribution in [3.8, 4) is 5.75 Å². The van der Waals surface area contributed by atoms with Crippen molar-refractivity contribution in [2.45, 2.75) is 32.1 Å². The molecule has 2 saturated heterocycles. The molecule has 27 heavy (non-hydrogen) atoms.